The Morgan fingerprint density at radius 2 is 1.68 bits per heavy atom. The Hall–Kier alpha value is -0.500. The first-order valence-electron chi connectivity index (χ1n) is 11.1. The molecule has 4 spiro atoms. The summed E-state index contributed by atoms with van der Waals surface area (Å²) in [7, 11) is 0. The van der Waals surface area contributed by atoms with Crippen LogP contribution in [-0.4, -0.2) is 60.4 Å². The maximum Gasteiger partial charge on any atom is 0.174 e. The molecule has 6 heteroatoms. The second-order valence-electron chi connectivity index (χ2n) is 10.3. The molecule has 4 aliphatic heterocycles. The van der Waals surface area contributed by atoms with Gasteiger partial charge in [0.15, 0.2) is 11.6 Å². The van der Waals surface area contributed by atoms with E-state index in [-0.39, 0.29) is 16.6 Å². The summed E-state index contributed by atoms with van der Waals surface area (Å²) >= 11 is 0. The van der Waals surface area contributed by atoms with Gasteiger partial charge in [-0.2, -0.15) is 0 Å². The summed E-state index contributed by atoms with van der Waals surface area (Å²) in [5.41, 5.74) is 1.70. The zero-order valence-electron chi connectivity index (χ0n) is 16.6. The average Bonchev–Trinajstić information content (AvgIpc) is 3.44. The molecular weight excluding hydrogens is 360 g/mol. The van der Waals surface area contributed by atoms with Gasteiger partial charge in [-0.25, -0.2) is 0 Å². The van der Waals surface area contributed by atoms with Crippen molar-refractivity contribution in [2.45, 2.75) is 87.2 Å². The Bertz CT molecular complexity index is 765. The van der Waals surface area contributed by atoms with E-state index in [1.54, 1.807) is 0 Å². The quantitative estimate of drug-likeness (QED) is 0.641. The van der Waals surface area contributed by atoms with Crippen LogP contribution in [0.1, 0.15) is 58.3 Å². The smallest absolute Gasteiger partial charge is 0.174 e. The highest BCUT2D eigenvalue weighted by Crippen LogP contribution is 2.73. The van der Waals surface area contributed by atoms with Crippen LogP contribution in [-0.2, 0) is 23.7 Å². The van der Waals surface area contributed by atoms with Gasteiger partial charge in [0.1, 0.15) is 0 Å². The molecule has 2 bridgehead atoms. The van der Waals surface area contributed by atoms with Crippen LogP contribution in [0, 0.1) is 11.3 Å². The molecule has 0 radical (unpaired) electrons. The molecule has 0 aromatic heterocycles. The van der Waals surface area contributed by atoms with E-state index in [9.17, 15) is 5.11 Å². The van der Waals surface area contributed by atoms with E-state index in [0.717, 1.165) is 44.9 Å². The summed E-state index contributed by atoms with van der Waals surface area (Å²) in [5.74, 6) is -0.697. The van der Waals surface area contributed by atoms with E-state index < -0.39 is 17.7 Å². The van der Waals surface area contributed by atoms with Crippen molar-refractivity contribution in [2.75, 3.05) is 26.4 Å². The Kier molecular flexibility index (Phi) is 3.09. The molecule has 154 valence electrons. The normalized spacial score (nSPS) is 52.5. The molecule has 3 aliphatic carbocycles. The standard InChI is InChI=1S/C22H30O6/c1-18-12-15(23)17-14-2-4-20(24-8-9-25-20)13-19(14)6-7-21(17,28-19)16(18)3-5-22(18)26-10-11-27-22/h15-16,23H,2-13H2,1H3/t15-,16+,18-,19+,21?/m0/s1. The third kappa shape index (κ3) is 1.71. The lowest BCUT2D eigenvalue weighted by molar-refractivity contribution is -0.257. The molecule has 1 N–H and O–H groups in total. The van der Waals surface area contributed by atoms with Crippen LogP contribution >= 0.6 is 0 Å². The maximum atomic E-state index is 11.4. The average molecular weight is 390 g/mol. The van der Waals surface area contributed by atoms with Gasteiger partial charge in [0.05, 0.1) is 43.7 Å². The number of aliphatic hydroxyl groups excluding tert-OH is 1. The summed E-state index contributed by atoms with van der Waals surface area (Å²) in [6.07, 6.45) is 6.72. The lowest BCUT2D eigenvalue weighted by atomic mass is 9.54. The van der Waals surface area contributed by atoms with E-state index in [0.29, 0.717) is 38.8 Å². The molecule has 3 saturated carbocycles. The Labute approximate surface area is 165 Å². The van der Waals surface area contributed by atoms with Crippen molar-refractivity contribution in [3.05, 3.63) is 11.1 Å². The summed E-state index contributed by atoms with van der Waals surface area (Å²) in [5, 5.41) is 11.4. The zero-order valence-corrected chi connectivity index (χ0v) is 16.6. The number of ether oxygens (including phenoxy) is 5. The fourth-order valence-corrected chi connectivity index (χ4v) is 8.52. The van der Waals surface area contributed by atoms with Crippen molar-refractivity contribution in [1.29, 1.82) is 0 Å². The molecule has 5 atom stereocenters. The van der Waals surface area contributed by atoms with Crippen molar-refractivity contribution in [3.63, 3.8) is 0 Å². The topological polar surface area (TPSA) is 66.4 Å². The third-order valence-electron chi connectivity index (χ3n) is 9.40. The number of hydrogen-bond acceptors (Lipinski definition) is 6. The first kappa shape index (κ1) is 17.2. The second kappa shape index (κ2) is 5.04. The Morgan fingerprint density at radius 1 is 0.929 bits per heavy atom. The molecule has 6 nitrogen and oxygen atoms in total. The minimum absolute atomic E-state index is 0.218. The van der Waals surface area contributed by atoms with E-state index in [1.807, 2.05) is 0 Å². The first-order chi connectivity index (χ1) is 13.5. The van der Waals surface area contributed by atoms with Crippen LogP contribution in [0.15, 0.2) is 11.1 Å². The highest BCUT2D eigenvalue weighted by molar-refractivity contribution is 5.48. The molecule has 7 rings (SSSR count). The predicted molar refractivity (Wildman–Crippen MR) is 97.4 cm³/mol. The van der Waals surface area contributed by atoms with Crippen molar-refractivity contribution in [1.82, 2.24) is 0 Å². The van der Waals surface area contributed by atoms with Crippen molar-refractivity contribution < 1.29 is 28.8 Å². The highest BCUT2D eigenvalue weighted by Gasteiger charge is 2.76. The van der Waals surface area contributed by atoms with Gasteiger partial charge < -0.3 is 28.8 Å². The maximum absolute atomic E-state index is 11.4. The number of fused-ring (bicyclic) bond motifs is 2. The van der Waals surface area contributed by atoms with Crippen LogP contribution in [0.4, 0.5) is 0 Å². The summed E-state index contributed by atoms with van der Waals surface area (Å²) < 4.78 is 31.7. The molecule has 4 heterocycles. The van der Waals surface area contributed by atoms with Crippen LogP contribution in [0.3, 0.4) is 0 Å². The molecular formula is C22H30O6. The lowest BCUT2D eigenvalue weighted by Crippen LogP contribution is -2.59. The van der Waals surface area contributed by atoms with E-state index in [1.165, 1.54) is 11.1 Å². The van der Waals surface area contributed by atoms with Gasteiger partial charge in [-0.15, -0.1) is 0 Å². The zero-order chi connectivity index (χ0) is 18.8. The molecule has 28 heavy (non-hydrogen) atoms. The molecule has 0 amide bonds. The number of aliphatic hydroxyl groups is 1. The Morgan fingerprint density at radius 3 is 2.46 bits per heavy atom. The molecule has 6 fully saturated rings. The van der Waals surface area contributed by atoms with Gasteiger partial charge in [-0.3, -0.25) is 0 Å². The number of hydrogen-bond donors (Lipinski definition) is 1. The van der Waals surface area contributed by atoms with Crippen LogP contribution in [0.2, 0.25) is 0 Å². The number of rotatable bonds is 0. The minimum Gasteiger partial charge on any atom is -0.389 e. The lowest BCUT2D eigenvalue weighted by Gasteiger charge is -2.54. The molecule has 0 aromatic rings. The SMILES string of the molecule is C[C@]12C[C@H](O)C3=C4CCC5(C[C@]46CCC3(O6)[C@@H]1CCC21OCCO1)OCCO5. The van der Waals surface area contributed by atoms with Crippen LogP contribution < -0.4 is 0 Å². The largest absolute Gasteiger partial charge is 0.389 e. The summed E-state index contributed by atoms with van der Waals surface area (Å²) in [6.45, 7) is 4.93. The van der Waals surface area contributed by atoms with Crippen molar-refractivity contribution >= 4 is 0 Å². The fraction of sp³-hybridized carbons (Fsp3) is 0.909. The molecule has 7 aliphatic rings. The van der Waals surface area contributed by atoms with Gasteiger partial charge in [0.2, 0.25) is 0 Å². The molecule has 1 unspecified atom stereocenters. The highest BCUT2D eigenvalue weighted by atomic mass is 16.7. The van der Waals surface area contributed by atoms with E-state index in [2.05, 4.69) is 6.92 Å². The van der Waals surface area contributed by atoms with Crippen molar-refractivity contribution in [3.8, 4) is 0 Å². The summed E-state index contributed by atoms with van der Waals surface area (Å²) in [6, 6.07) is 0. The second-order valence-corrected chi connectivity index (χ2v) is 10.3. The first-order valence-corrected chi connectivity index (χ1v) is 11.1. The minimum atomic E-state index is -0.546. The fourth-order valence-electron chi connectivity index (χ4n) is 8.52. The molecule has 0 aromatic carbocycles. The van der Waals surface area contributed by atoms with Gasteiger partial charge in [-0.1, -0.05) is 6.92 Å². The van der Waals surface area contributed by atoms with Gasteiger partial charge >= 0.3 is 0 Å². The summed E-state index contributed by atoms with van der Waals surface area (Å²) in [4.78, 5) is 0. The van der Waals surface area contributed by atoms with Crippen molar-refractivity contribution in [2.24, 2.45) is 11.3 Å². The van der Waals surface area contributed by atoms with E-state index >= 15 is 0 Å². The molecule has 3 saturated heterocycles. The monoisotopic (exact) mass is 390 g/mol. The van der Waals surface area contributed by atoms with Crippen LogP contribution in [0.25, 0.3) is 0 Å². The Balaban J connectivity index is 1.34. The third-order valence-corrected chi connectivity index (χ3v) is 9.40. The van der Waals surface area contributed by atoms with E-state index in [4.69, 9.17) is 23.7 Å². The van der Waals surface area contributed by atoms with Gasteiger partial charge in [0.25, 0.3) is 0 Å². The van der Waals surface area contributed by atoms with Gasteiger partial charge in [0, 0.05) is 30.6 Å². The van der Waals surface area contributed by atoms with Gasteiger partial charge in [-0.05, 0) is 43.3 Å². The van der Waals surface area contributed by atoms with Crippen LogP contribution in [0.5, 0.6) is 0 Å². The predicted octanol–water partition coefficient (Wildman–Crippen LogP) is 2.44.